The number of esters is 1. The van der Waals surface area contributed by atoms with E-state index in [2.05, 4.69) is 81.5 Å². The van der Waals surface area contributed by atoms with E-state index in [9.17, 15) is 9.59 Å². The van der Waals surface area contributed by atoms with Gasteiger partial charge in [0.05, 0.1) is 24.5 Å². The molecule has 258 valence electrons. The van der Waals surface area contributed by atoms with Crippen molar-refractivity contribution in [1.29, 1.82) is 0 Å². The number of carbonyl (C=O) groups excluding carboxylic acids is 2. The molecular weight excluding hydrogens is 669 g/mol. The standard InChI is InChI=1S/C41H47Cl2NO4Si/c1-28(24-25-48-49(40(3,4)5,34-16-9-7-10-17-34)35-18-11-8-12-19-35)41(29(2)38(45)47-6)27-36(31-14-13-15-33(43)26-31)37(44-39(41)46)30-20-22-32(42)23-21-30/h7-23,26,28-29,36-37H,24-25,27H2,1-6H3,(H,44,46)/t28-,29?,36+,37+,41-/m0/s1. The number of rotatable bonds is 11. The number of ether oxygens (including phenoxy) is 1. The van der Waals surface area contributed by atoms with Crippen LogP contribution in [0.1, 0.15) is 70.5 Å². The van der Waals surface area contributed by atoms with Gasteiger partial charge in [0, 0.05) is 22.6 Å². The van der Waals surface area contributed by atoms with Crippen LogP contribution in [0.2, 0.25) is 15.1 Å². The second-order valence-electron chi connectivity index (χ2n) is 14.4. The molecule has 49 heavy (non-hydrogen) atoms. The third kappa shape index (κ3) is 7.25. The quantitative estimate of drug-likeness (QED) is 0.125. The fourth-order valence-electron chi connectivity index (χ4n) is 8.00. The predicted octanol–water partition coefficient (Wildman–Crippen LogP) is 8.74. The van der Waals surface area contributed by atoms with E-state index < -0.39 is 25.6 Å². The zero-order chi connectivity index (χ0) is 35.4. The van der Waals surface area contributed by atoms with Gasteiger partial charge < -0.3 is 14.5 Å². The first-order chi connectivity index (χ1) is 23.3. The van der Waals surface area contributed by atoms with E-state index >= 15 is 0 Å². The first kappa shape index (κ1) is 36.8. The molecule has 1 amide bonds. The number of methoxy groups -OCH3 is 1. The van der Waals surface area contributed by atoms with Crippen molar-refractivity contribution < 1.29 is 18.8 Å². The third-order valence-electron chi connectivity index (χ3n) is 10.7. The summed E-state index contributed by atoms with van der Waals surface area (Å²) in [4.78, 5) is 28.1. The molecule has 0 radical (unpaired) electrons. The summed E-state index contributed by atoms with van der Waals surface area (Å²) >= 11 is 12.8. The summed E-state index contributed by atoms with van der Waals surface area (Å²) in [7, 11) is -1.43. The third-order valence-corrected chi connectivity index (χ3v) is 16.2. The Balaban J connectivity index is 1.55. The molecule has 1 unspecified atom stereocenters. The number of halogens is 2. The Kier molecular flexibility index (Phi) is 11.4. The second kappa shape index (κ2) is 15.2. The summed E-state index contributed by atoms with van der Waals surface area (Å²) in [6, 6.07) is 36.1. The van der Waals surface area contributed by atoms with E-state index in [1.165, 1.54) is 17.5 Å². The maximum atomic E-state index is 14.7. The Bertz CT molecular complexity index is 1690. The summed E-state index contributed by atoms with van der Waals surface area (Å²) in [5.74, 6) is -1.71. The number of amides is 1. The van der Waals surface area contributed by atoms with Crippen LogP contribution in [0.15, 0.2) is 109 Å². The van der Waals surface area contributed by atoms with Crippen molar-refractivity contribution in [2.24, 2.45) is 17.3 Å². The molecule has 5 nitrogen and oxygen atoms in total. The van der Waals surface area contributed by atoms with E-state index in [0.717, 1.165) is 11.1 Å². The van der Waals surface area contributed by atoms with Crippen LogP contribution in [0.3, 0.4) is 0 Å². The van der Waals surface area contributed by atoms with Gasteiger partial charge in [-0.05, 0) is 69.6 Å². The van der Waals surface area contributed by atoms with E-state index in [-0.39, 0.29) is 28.8 Å². The molecule has 5 atom stereocenters. The Morgan fingerprint density at radius 3 is 1.98 bits per heavy atom. The highest BCUT2D eigenvalue weighted by molar-refractivity contribution is 6.99. The Morgan fingerprint density at radius 1 is 0.857 bits per heavy atom. The van der Waals surface area contributed by atoms with Crippen LogP contribution in [0.25, 0.3) is 0 Å². The normalized spacial score (nSPS) is 21.0. The summed E-state index contributed by atoms with van der Waals surface area (Å²) in [6.45, 7) is 11.1. The van der Waals surface area contributed by atoms with Gasteiger partial charge in [-0.15, -0.1) is 0 Å². The fourth-order valence-corrected chi connectivity index (χ4v) is 12.9. The first-order valence-electron chi connectivity index (χ1n) is 17.0. The average Bonchev–Trinajstić information content (AvgIpc) is 3.10. The summed E-state index contributed by atoms with van der Waals surface area (Å²) in [6.07, 6.45) is 0.982. The Labute approximate surface area is 302 Å². The molecule has 5 rings (SSSR count). The van der Waals surface area contributed by atoms with Gasteiger partial charge in [0.25, 0.3) is 8.32 Å². The van der Waals surface area contributed by atoms with Crippen LogP contribution in [0.4, 0.5) is 0 Å². The summed E-state index contributed by atoms with van der Waals surface area (Å²) < 4.78 is 12.6. The Hall–Kier alpha value is -3.42. The van der Waals surface area contributed by atoms with Crippen LogP contribution < -0.4 is 15.7 Å². The predicted molar refractivity (Wildman–Crippen MR) is 202 cm³/mol. The number of benzene rings is 4. The number of nitrogens with one attached hydrogen (secondary N) is 1. The fraction of sp³-hybridized carbons (Fsp3) is 0.366. The first-order valence-corrected chi connectivity index (χ1v) is 19.7. The molecule has 1 aliphatic heterocycles. The van der Waals surface area contributed by atoms with Gasteiger partial charge in [0.15, 0.2) is 0 Å². The van der Waals surface area contributed by atoms with Gasteiger partial charge in [-0.25, -0.2) is 0 Å². The van der Waals surface area contributed by atoms with Gasteiger partial charge >= 0.3 is 5.97 Å². The van der Waals surface area contributed by atoms with E-state index in [4.69, 9.17) is 32.4 Å². The molecule has 1 heterocycles. The molecule has 4 aromatic carbocycles. The maximum absolute atomic E-state index is 14.7. The van der Waals surface area contributed by atoms with Crippen LogP contribution in [0, 0.1) is 17.3 Å². The minimum atomic E-state index is -2.81. The van der Waals surface area contributed by atoms with Crippen molar-refractivity contribution in [3.63, 3.8) is 0 Å². The van der Waals surface area contributed by atoms with Crippen molar-refractivity contribution >= 4 is 53.8 Å². The molecule has 0 aromatic heterocycles. The van der Waals surface area contributed by atoms with Crippen LogP contribution in [-0.4, -0.2) is 33.9 Å². The maximum Gasteiger partial charge on any atom is 0.309 e. The lowest BCUT2D eigenvalue weighted by atomic mass is 9.57. The van der Waals surface area contributed by atoms with E-state index in [1.54, 1.807) is 0 Å². The minimum absolute atomic E-state index is 0.165. The van der Waals surface area contributed by atoms with Crippen molar-refractivity contribution in [1.82, 2.24) is 5.32 Å². The summed E-state index contributed by atoms with van der Waals surface area (Å²) in [5.41, 5.74) is 0.840. The van der Waals surface area contributed by atoms with Crippen molar-refractivity contribution in [3.8, 4) is 0 Å². The number of piperidine rings is 1. The molecule has 1 N–H and O–H groups in total. The SMILES string of the molecule is COC(=O)C(C)[C@@]1([C@@H](C)CCO[Si](c2ccccc2)(c2ccccc2)C(C)(C)C)C[C@H](c2cccc(Cl)c2)[C@@H](c2ccc(Cl)cc2)NC1=O. The van der Waals surface area contributed by atoms with Crippen LogP contribution in [-0.2, 0) is 18.8 Å². The number of hydrogen-bond donors (Lipinski definition) is 1. The summed E-state index contributed by atoms with van der Waals surface area (Å²) in [5, 5.41) is 6.80. The molecule has 8 heteroatoms. The molecule has 4 aromatic rings. The number of carbonyl (C=O) groups is 2. The molecule has 0 saturated carbocycles. The van der Waals surface area contributed by atoms with E-state index in [1.807, 2.05) is 67.6 Å². The number of hydrogen-bond acceptors (Lipinski definition) is 4. The molecule has 1 aliphatic rings. The van der Waals surface area contributed by atoms with Gasteiger partial charge in [0.1, 0.15) is 0 Å². The van der Waals surface area contributed by atoms with Crippen LogP contribution in [0.5, 0.6) is 0 Å². The minimum Gasteiger partial charge on any atom is -0.469 e. The topological polar surface area (TPSA) is 64.6 Å². The van der Waals surface area contributed by atoms with Gasteiger partial charge in [0.2, 0.25) is 5.91 Å². The highest BCUT2D eigenvalue weighted by Gasteiger charge is 2.57. The molecule has 0 aliphatic carbocycles. The van der Waals surface area contributed by atoms with Crippen molar-refractivity contribution in [2.75, 3.05) is 13.7 Å². The largest absolute Gasteiger partial charge is 0.469 e. The molecule has 0 spiro atoms. The van der Waals surface area contributed by atoms with Crippen LogP contribution >= 0.6 is 23.2 Å². The highest BCUT2D eigenvalue weighted by atomic mass is 35.5. The monoisotopic (exact) mass is 715 g/mol. The highest BCUT2D eigenvalue weighted by Crippen LogP contribution is 2.53. The van der Waals surface area contributed by atoms with Crippen molar-refractivity contribution in [2.45, 2.75) is 64.5 Å². The molecule has 0 bridgehead atoms. The molecule has 1 fully saturated rings. The second-order valence-corrected chi connectivity index (χ2v) is 19.5. The van der Waals surface area contributed by atoms with Gasteiger partial charge in [-0.2, -0.15) is 0 Å². The zero-order valence-corrected chi connectivity index (χ0v) is 31.7. The van der Waals surface area contributed by atoms with Gasteiger partial charge in [-0.1, -0.05) is 143 Å². The molecular formula is C41H47Cl2NO4Si. The Morgan fingerprint density at radius 2 is 1.45 bits per heavy atom. The lowest BCUT2D eigenvalue weighted by Gasteiger charge is -2.50. The smallest absolute Gasteiger partial charge is 0.309 e. The average molecular weight is 717 g/mol. The van der Waals surface area contributed by atoms with Gasteiger partial charge in [-0.3, -0.25) is 9.59 Å². The van der Waals surface area contributed by atoms with Crippen molar-refractivity contribution in [3.05, 3.63) is 130 Å². The van der Waals surface area contributed by atoms with E-state index in [0.29, 0.717) is 29.5 Å². The lowest BCUT2D eigenvalue weighted by Crippen LogP contribution is -2.66. The zero-order valence-electron chi connectivity index (χ0n) is 29.2. The lowest BCUT2D eigenvalue weighted by molar-refractivity contribution is -0.162. The molecule has 1 saturated heterocycles.